The predicted molar refractivity (Wildman–Crippen MR) is 144 cm³/mol. The molecule has 8 nitrogen and oxygen atoms in total. The summed E-state index contributed by atoms with van der Waals surface area (Å²) < 4.78 is 3.90. The Labute approximate surface area is 222 Å². The van der Waals surface area contributed by atoms with Crippen molar-refractivity contribution < 1.29 is 4.79 Å². The number of rotatable bonds is 9. The van der Waals surface area contributed by atoms with Crippen LogP contribution in [0.5, 0.6) is 0 Å². The molecule has 0 atom stereocenters. The maximum Gasteiger partial charge on any atom is 0.261 e. The van der Waals surface area contributed by atoms with E-state index < -0.39 is 0 Å². The first-order valence-electron chi connectivity index (χ1n) is 11.7. The molecule has 10 heteroatoms. The van der Waals surface area contributed by atoms with Gasteiger partial charge in [-0.25, -0.2) is 4.68 Å². The van der Waals surface area contributed by atoms with E-state index in [2.05, 4.69) is 20.6 Å². The van der Waals surface area contributed by atoms with E-state index in [-0.39, 0.29) is 18.0 Å². The van der Waals surface area contributed by atoms with Crippen LogP contribution in [0.15, 0.2) is 90.2 Å². The first-order chi connectivity index (χ1) is 18.1. The quantitative estimate of drug-likeness (QED) is 0.300. The Morgan fingerprint density at radius 3 is 2.68 bits per heavy atom. The smallest absolute Gasteiger partial charge is 0.261 e. The summed E-state index contributed by atoms with van der Waals surface area (Å²) in [7, 11) is 0. The first kappa shape index (κ1) is 24.6. The van der Waals surface area contributed by atoms with Crippen molar-refractivity contribution in [1.29, 1.82) is 0 Å². The minimum atomic E-state index is -0.207. The molecule has 0 aliphatic rings. The lowest BCUT2D eigenvalue weighted by Gasteiger charge is -2.13. The summed E-state index contributed by atoms with van der Waals surface area (Å²) in [6, 6.07) is 18.4. The standard InChI is InChI=1S/C27H23ClN6O2S/c28-25-10-9-24(37-25)27(36)30-17-21-18-34(32-31-21)23-8-7-22(33-15-2-1-6-26(33)35)16-20(23)5-3-4-19-11-13-29-14-12-19/h1-2,6-16,18H,3-5,17H2,(H,30,36). The first-order valence-corrected chi connectivity index (χ1v) is 12.9. The van der Waals surface area contributed by atoms with Gasteiger partial charge < -0.3 is 5.32 Å². The Bertz CT molecular complexity index is 1580. The van der Waals surface area contributed by atoms with Gasteiger partial charge in [-0.15, -0.1) is 16.4 Å². The highest BCUT2D eigenvalue weighted by molar-refractivity contribution is 7.17. The molecule has 0 radical (unpaired) electrons. The van der Waals surface area contributed by atoms with E-state index in [0.717, 1.165) is 36.2 Å². The van der Waals surface area contributed by atoms with E-state index in [1.807, 2.05) is 36.4 Å². The maximum absolute atomic E-state index is 12.4. The van der Waals surface area contributed by atoms with Crippen molar-refractivity contribution in [2.45, 2.75) is 25.8 Å². The number of amides is 1. The third-order valence-electron chi connectivity index (χ3n) is 5.84. The SMILES string of the molecule is O=C(NCc1cn(-c2ccc(-n3ccccc3=O)cc2CCCc2ccncc2)nn1)c1ccc(Cl)s1. The fraction of sp³-hybridized carbons (Fsp3) is 0.148. The average molecular weight is 531 g/mol. The number of aryl methyl sites for hydroxylation is 2. The Balaban J connectivity index is 1.37. The second-order valence-electron chi connectivity index (χ2n) is 8.37. The van der Waals surface area contributed by atoms with Crippen LogP contribution < -0.4 is 10.9 Å². The zero-order chi connectivity index (χ0) is 25.6. The minimum absolute atomic E-state index is 0.0937. The van der Waals surface area contributed by atoms with Crippen LogP contribution in [-0.2, 0) is 19.4 Å². The van der Waals surface area contributed by atoms with Gasteiger partial charge in [0.25, 0.3) is 11.5 Å². The molecular weight excluding hydrogens is 508 g/mol. The van der Waals surface area contributed by atoms with Crippen LogP contribution in [0.1, 0.15) is 32.9 Å². The molecule has 0 bridgehead atoms. The molecule has 0 aliphatic heterocycles. The van der Waals surface area contributed by atoms with Crippen LogP contribution in [0.2, 0.25) is 4.34 Å². The van der Waals surface area contributed by atoms with Crippen molar-refractivity contribution in [3.8, 4) is 11.4 Å². The molecule has 5 rings (SSSR count). The molecule has 0 fully saturated rings. The topological polar surface area (TPSA) is 94.7 Å². The van der Waals surface area contributed by atoms with E-state index in [9.17, 15) is 9.59 Å². The van der Waals surface area contributed by atoms with Gasteiger partial charge in [-0.1, -0.05) is 22.9 Å². The van der Waals surface area contributed by atoms with Crippen molar-refractivity contribution in [1.82, 2.24) is 29.9 Å². The fourth-order valence-corrected chi connectivity index (χ4v) is 4.97. The highest BCUT2D eigenvalue weighted by Gasteiger charge is 2.13. The fourth-order valence-electron chi connectivity index (χ4n) is 4.01. The lowest BCUT2D eigenvalue weighted by Crippen LogP contribution is -2.21. The molecule has 1 aromatic carbocycles. The zero-order valence-electron chi connectivity index (χ0n) is 19.8. The summed E-state index contributed by atoms with van der Waals surface area (Å²) in [6.07, 6.45) is 9.74. The molecule has 186 valence electrons. The highest BCUT2D eigenvalue weighted by atomic mass is 35.5. The molecule has 1 N–H and O–H groups in total. The third-order valence-corrected chi connectivity index (χ3v) is 7.07. The van der Waals surface area contributed by atoms with Crippen LogP contribution >= 0.6 is 22.9 Å². The van der Waals surface area contributed by atoms with Crippen LogP contribution in [0, 0.1) is 0 Å². The van der Waals surface area contributed by atoms with Gasteiger partial charge in [-0.3, -0.25) is 19.1 Å². The third kappa shape index (κ3) is 6.02. The minimum Gasteiger partial charge on any atom is -0.346 e. The molecule has 0 saturated carbocycles. The lowest BCUT2D eigenvalue weighted by molar-refractivity contribution is 0.0954. The highest BCUT2D eigenvalue weighted by Crippen LogP contribution is 2.22. The number of nitrogens with one attached hydrogen (secondary N) is 1. The van der Waals surface area contributed by atoms with E-state index >= 15 is 0 Å². The normalized spacial score (nSPS) is 10.9. The molecule has 1 amide bonds. The van der Waals surface area contributed by atoms with Crippen LogP contribution in [0.25, 0.3) is 11.4 Å². The van der Waals surface area contributed by atoms with E-state index in [0.29, 0.717) is 14.9 Å². The molecule has 5 aromatic rings. The van der Waals surface area contributed by atoms with Crippen LogP contribution in [0.4, 0.5) is 0 Å². The molecule has 4 heterocycles. The number of carbonyl (C=O) groups excluding carboxylic acids is 1. The Hall–Kier alpha value is -4.08. The van der Waals surface area contributed by atoms with E-state index in [4.69, 9.17) is 11.6 Å². The Morgan fingerprint density at radius 2 is 1.89 bits per heavy atom. The summed E-state index contributed by atoms with van der Waals surface area (Å²) >= 11 is 7.15. The van der Waals surface area contributed by atoms with Gasteiger partial charge in [0.1, 0.15) is 5.69 Å². The zero-order valence-corrected chi connectivity index (χ0v) is 21.3. The maximum atomic E-state index is 12.4. The largest absolute Gasteiger partial charge is 0.346 e. The number of pyridine rings is 2. The van der Waals surface area contributed by atoms with Gasteiger partial charge in [-0.05, 0) is 78.9 Å². The number of aromatic nitrogens is 5. The van der Waals surface area contributed by atoms with Gasteiger partial charge in [0.05, 0.1) is 27.6 Å². The predicted octanol–water partition coefficient (Wildman–Crippen LogP) is 4.63. The summed E-state index contributed by atoms with van der Waals surface area (Å²) in [6.45, 7) is 0.239. The van der Waals surface area contributed by atoms with Crippen molar-refractivity contribution in [2.24, 2.45) is 0 Å². The monoisotopic (exact) mass is 530 g/mol. The van der Waals surface area contributed by atoms with Crippen molar-refractivity contribution in [2.75, 3.05) is 0 Å². The average Bonchev–Trinajstić information content (AvgIpc) is 3.57. The number of hydrogen-bond donors (Lipinski definition) is 1. The summed E-state index contributed by atoms with van der Waals surface area (Å²) in [5, 5.41) is 11.4. The molecular formula is C27H23ClN6O2S. The molecule has 0 unspecified atom stereocenters. The van der Waals surface area contributed by atoms with Crippen molar-refractivity contribution in [3.05, 3.63) is 122 Å². The second-order valence-corrected chi connectivity index (χ2v) is 10.1. The Kier molecular flexibility index (Phi) is 7.53. The lowest BCUT2D eigenvalue weighted by atomic mass is 10.0. The van der Waals surface area contributed by atoms with E-state index in [1.165, 1.54) is 16.9 Å². The van der Waals surface area contributed by atoms with Crippen molar-refractivity contribution >= 4 is 28.8 Å². The number of hydrogen-bond acceptors (Lipinski definition) is 6. The molecule has 4 aromatic heterocycles. The molecule has 0 aliphatic carbocycles. The van der Waals surface area contributed by atoms with Gasteiger partial charge in [0.15, 0.2) is 0 Å². The molecule has 0 saturated heterocycles. The number of thiophene rings is 1. The molecule has 37 heavy (non-hydrogen) atoms. The van der Waals surface area contributed by atoms with Crippen LogP contribution in [-0.4, -0.2) is 30.5 Å². The summed E-state index contributed by atoms with van der Waals surface area (Å²) in [5.74, 6) is -0.207. The number of nitrogens with zero attached hydrogens (tertiary/aromatic N) is 5. The van der Waals surface area contributed by atoms with Gasteiger partial charge in [-0.2, -0.15) is 0 Å². The number of halogens is 1. The second kappa shape index (κ2) is 11.3. The molecule has 0 spiro atoms. The van der Waals surface area contributed by atoms with Crippen LogP contribution in [0.3, 0.4) is 0 Å². The van der Waals surface area contributed by atoms with Crippen molar-refractivity contribution in [3.63, 3.8) is 0 Å². The van der Waals surface area contributed by atoms with Gasteiger partial charge in [0, 0.05) is 30.3 Å². The number of carbonyl (C=O) groups is 1. The van der Waals surface area contributed by atoms with Gasteiger partial charge >= 0.3 is 0 Å². The van der Waals surface area contributed by atoms with E-state index in [1.54, 1.807) is 58.3 Å². The van der Waals surface area contributed by atoms with Gasteiger partial charge in [0.2, 0.25) is 0 Å². The number of benzene rings is 1. The summed E-state index contributed by atoms with van der Waals surface area (Å²) in [4.78, 5) is 29.4. The Morgan fingerprint density at radius 1 is 1.03 bits per heavy atom. The summed E-state index contributed by atoms with van der Waals surface area (Å²) in [5.41, 5.74) is 4.45.